The van der Waals surface area contributed by atoms with Gasteiger partial charge in [-0.05, 0) is 36.8 Å². The van der Waals surface area contributed by atoms with Crippen LogP contribution in [0, 0.1) is 12.7 Å². The first-order chi connectivity index (χ1) is 13.6. The van der Waals surface area contributed by atoms with Gasteiger partial charge in [0.1, 0.15) is 5.82 Å². The zero-order valence-corrected chi connectivity index (χ0v) is 16.2. The molecule has 2 aromatic carbocycles. The lowest BCUT2D eigenvalue weighted by atomic mass is 10.1. The minimum absolute atomic E-state index is 0.274. The third-order valence-electron chi connectivity index (χ3n) is 4.33. The van der Waals surface area contributed by atoms with Crippen LogP contribution < -0.4 is 5.32 Å². The molecule has 1 heterocycles. The number of thiophene rings is 1. The minimum atomic E-state index is -4.62. The lowest BCUT2D eigenvalue weighted by Gasteiger charge is -2.18. The molecule has 152 valence electrons. The number of benzene rings is 2. The van der Waals surface area contributed by atoms with Gasteiger partial charge in [0.05, 0.1) is 22.7 Å². The number of hydrogen-bond donors (Lipinski definition) is 1. The number of nitrogens with zero attached hydrogens (tertiary/aromatic N) is 1. The van der Waals surface area contributed by atoms with Gasteiger partial charge in [-0.3, -0.25) is 9.59 Å². The molecule has 0 spiro atoms. The summed E-state index contributed by atoms with van der Waals surface area (Å²) in [7, 11) is 1.36. The Balaban J connectivity index is 1.77. The van der Waals surface area contributed by atoms with E-state index in [9.17, 15) is 27.2 Å². The maximum atomic E-state index is 14.0. The van der Waals surface area contributed by atoms with E-state index < -0.39 is 35.9 Å². The molecule has 0 saturated carbocycles. The second-order valence-electron chi connectivity index (χ2n) is 6.42. The molecule has 0 bridgehead atoms. The summed E-state index contributed by atoms with van der Waals surface area (Å²) < 4.78 is 53.8. The van der Waals surface area contributed by atoms with Gasteiger partial charge in [0.15, 0.2) is 0 Å². The van der Waals surface area contributed by atoms with Gasteiger partial charge >= 0.3 is 6.18 Å². The highest BCUT2D eigenvalue weighted by atomic mass is 32.1. The number of halogens is 4. The maximum absolute atomic E-state index is 14.0. The number of hydrogen-bond acceptors (Lipinski definition) is 3. The van der Waals surface area contributed by atoms with Crippen molar-refractivity contribution in [3.05, 3.63) is 64.3 Å². The molecule has 2 amide bonds. The molecule has 0 saturated heterocycles. The number of carbonyl (C=O) groups excluding carboxylic acids is 2. The first kappa shape index (κ1) is 20.8. The average molecular weight is 424 g/mol. The number of alkyl halides is 3. The Morgan fingerprint density at radius 1 is 1.10 bits per heavy atom. The van der Waals surface area contributed by atoms with Crippen LogP contribution >= 0.6 is 11.3 Å². The zero-order valence-electron chi connectivity index (χ0n) is 15.4. The van der Waals surface area contributed by atoms with Crippen LogP contribution in [0.3, 0.4) is 0 Å². The monoisotopic (exact) mass is 424 g/mol. The van der Waals surface area contributed by atoms with E-state index in [4.69, 9.17) is 0 Å². The van der Waals surface area contributed by atoms with Crippen molar-refractivity contribution in [3.8, 4) is 0 Å². The molecule has 0 fully saturated rings. The van der Waals surface area contributed by atoms with Gasteiger partial charge in [0, 0.05) is 17.1 Å². The molecule has 0 radical (unpaired) electrons. The van der Waals surface area contributed by atoms with Crippen LogP contribution in [0.5, 0.6) is 0 Å². The number of fused-ring (bicyclic) bond motifs is 1. The van der Waals surface area contributed by atoms with Crippen molar-refractivity contribution in [2.45, 2.75) is 13.1 Å². The summed E-state index contributed by atoms with van der Waals surface area (Å²) in [4.78, 5) is 26.3. The Kier molecular flexibility index (Phi) is 5.61. The first-order valence-electron chi connectivity index (χ1n) is 8.48. The Bertz CT molecular complexity index is 1090. The summed E-state index contributed by atoms with van der Waals surface area (Å²) in [6, 6.07) is 9.11. The van der Waals surface area contributed by atoms with Crippen LogP contribution in [0.1, 0.15) is 20.8 Å². The molecule has 9 heteroatoms. The molecule has 0 aliphatic rings. The van der Waals surface area contributed by atoms with Gasteiger partial charge in [0.2, 0.25) is 5.91 Å². The predicted molar refractivity (Wildman–Crippen MR) is 104 cm³/mol. The molecule has 1 aromatic heterocycles. The van der Waals surface area contributed by atoms with E-state index in [0.29, 0.717) is 15.6 Å². The van der Waals surface area contributed by atoms with Crippen molar-refractivity contribution < 1.29 is 27.2 Å². The minimum Gasteiger partial charge on any atom is -0.332 e. The summed E-state index contributed by atoms with van der Waals surface area (Å²) in [5.41, 5.74) is -0.896. The average Bonchev–Trinajstić information content (AvgIpc) is 2.98. The van der Waals surface area contributed by atoms with E-state index in [-0.39, 0.29) is 10.6 Å². The fourth-order valence-electron chi connectivity index (χ4n) is 2.95. The van der Waals surface area contributed by atoms with Crippen LogP contribution in [0.25, 0.3) is 10.1 Å². The molecule has 0 unspecified atom stereocenters. The number of carbonyl (C=O) groups is 2. The van der Waals surface area contributed by atoms with Crippen molar-refractivity contribution in [1.29, 1.82) is 0 Å². The molecular weight excluding hydrogens is 408 g/mol. The molecule has 3 aromatic rings. The van der Waals surface area contributed by atoms with E-state index in [2.05, 4.69) is 5.32 Å². The van der Waals surface area contributed by atoms with Crippen molar-refractivity contribution in [1.82, 2.24) is 4.90 Å². The number of anilines is 1. The quantitative estimate of drug-likeness (QED) is 0.594. The van der Waals surface area contributed by atoms with E-state index in [1.165, 1.54) is 31.3 Å². The van der Waals surface area contributed by atoms with Gasteiger partial charge in [-0.25, -0.2) is 4.39 Å². The molecule has 3 rings (SSSR count). The Morgan fingerprint density at radius 3 is 2.45 bits per heavy atom. The van der Waals surface area contributed by atoms with Gasteiger partial charge in [0.25, 0.3) is 5.91 Å². The van der Waals surface area contributed by atoms with Gasteiger partial charge in [-0.15, -0.1) is 11.3 Å². The summed E-state index contributed by atoms with van der Waals surface area (Å²) >= 11 is 1.10. The SMILES string of the molecule is Cc1c(C(=O)N(C)CC(=O)Nc2ccccc2C(F)(F)F)sc2cccc(F)c12. The van der Waals surface area contributed by atoms with Gasteiger partial charge < -0.3 is 10.2 Å². The number of likely N-dealkylation sites (N-methyl/N-ethyl adjacent to an activating group) is 1. The predicted octanol–water partition coefficient (Wildman–Crippen LogP) is 5.08. The lowest BCUT2D eigenvalue weighted by molar-refractivity contribution is -0.137. The highest BCUT2D eigenvalue weighted by Gasteiger charge is 2.33. The Morgan fingerprint density at radius 2 is 1.79 bits per heavy atom. The fraction of sp³-hybridized carbons (Fsp3) is 0.200. The summed E-state index contributed by atoms with van der Waals surface area (Å²) in [6.45, 7) is 1.16. The number of aryl methyl sites for hydroxylation is 1. The highest BCUT2D eigenvalue weighted by molar-refractivity contribution is 7.21. The Labute approximate surface area is 167 Å². The molecule has 0 aliphatic carbocycles. The van der Waals surface area contributed by atoms with Crippen molar-refractivity contribution in [2.75, 3.05) is 18.9 Å². The maximum Gasteiger partial charge on any atom is 0.418 e. The normalized spacial score (nSPS) is 11.5. The standard InChI is InChI=1S/C20H16F4N2O2S/c1-11-17-13(21)7-5-9-15(17)29-18(11)19(28)26(2)10-16(27)25-14-8-4-3-6-12(14)20(22,23)24/h3-9H,10H2,1-2H3,(H,25,27). The zero-order chi connectivity index (χ0) is 21.3. The third kappa shape index (κ3) is 4.24. The summed E-state index contributed by atoms with van der Waals surface area (Å²) in [6.07, 6.45) is -4.62. The second kappa shape index (κ2) is 7.82. The van der Waals surface area contributed by atoms with Crippen molar-refractivity contribution in [3.63, 3.8) is 0 Å². The lowest BCUT2D eigenvalue weighted by Crippen LogP contribution is -2.35. The molecular formula is C20H16F4N2O2S. The van der Waals surface area contributed by atoms with Crippen molar-refractivity contribution >= 4 is 38.9 Å². The van der Waals surface area contributed by atoms with Crippen LogP contribution in [-0.4, -0.2) is 30.3 Å². The molecule has 0 atom stereocenters. The Hall–Kier alpha value is -2.94. The van der Waals surface area contributed by atoms with E-state index in [0.717, 1.165) is 28.4 Å². The first-order valence-corrected chi connectivity index (χ1v) is 9.30. The van der Waals surface area contributed by atoms with Crippen LogP contribution in [0.15, 0.2) is 42.5 Å². The second-order valence-corrected chi connectivity index (χ2v) is 7.47. The van der Waals surface area contributed by atoms with E-state index in [1.54, 1.807) is 13.0 Å². The number of nitrogens with one attached hydrogen (secondary N) is 1. The number of rotatable bonds is 4. The van der Waals surface area contributed by atoms with E-state index in [1.807, 2.05) is 0 Å². The van der Waals surface area contributed by atoms with Crippen LogP contribution in [-0.2, 0) is 11.0 Å². The van der Waals surface area contributed by atoms with Crippen molar-refractivity contribution in [2.24, 2.45) is 0 Å². The van der Waals surface area contributed by atoms with Gasteiger partial charge in [-0.1, -0.05) is 18.2 Å². The third-order valence-corrected chi connectivity index (χ3v) is 5.58. The summed E-state index contributed by atoms with van der Waals surface area (Å²) in [5, 5.41) is 2.54. The molecule has 29 heavy (non-hydrogen) atoms. The van der Waals surface area contributed by atoms with Crippen LogP contribution in [0.2, 0.25) is 0 Å². The molecule has 1 N–H and O–H groups in total. The molecule has 0 aliphatic heterocycles. The fourth-order valence-corrected chi connectivity index (χ4v) is 4.16. The van der Waals surface area contributed by atoms with Gasteiger partial charge in [-0.2, -0.15) is 13.2 Å². The highest BCUT2D eigenvalue weighted by Crippen LogP contribution is 2.35. The number of para-hydroxylation sites is 1. The number of amides is 2. The smallest absolute Gasteiger partial charge is 0.332 e. The molecule has 4 nitrogen and oxygen atoms in total. The van der Waals surface area contributed by atoms with Crippen LogP contribution in [0.4, 0.5) is 23.2 Å². The van der Waals surface area contributed by atoms with E-state index >= 15 is 0 Å². The summed E-state index contributed by atoms with van der Waals surface area (Å²) in [5.74, 6) is -1.73. The largest absolute Gasteiger partial charge is 0.418 e. The topological polar surface area (TPSA) is 49.4 Å².